The molecule has 0 saturated carbocycles. The van der Waals surface area contributed by atoms with Crippen LogP contribution in [0.15, 0.2) is 24.3 Å². The Morgan fingerprint density at radius 1 is 1.43 bits per heavy atom. The number of hydrogen-bond donors (Lipinski definition) is 2. The first-order chi connectivity index (χ1) is 6.75. The highest BCUT2D eigenvalue weighted by atomic mass is 16.3. The summed E-state index contributed by atoms with van der Waals surface area (Å²) in [5, 5.41) is 9.37. The van der Waals surface area contributed by atoms with Crippen LogP contribution < -0.4 is 5.73 Å². The van der Waals surface area contributed by atoms with Crippen LogP contribution >= 0.6 is 0 Å². The van der Waals surface area contributed by atoms with Gasteiger partial charge in [-0.3, -0.25) is 4.90 Å². The molecule has 0 aliphatic carbocycles. The molecule has 0 aromatic heterocycles. The number of anilines is 1. The summed E-state index contributed by atoms with van der Waals surface area (Å²) in [5.41, 5.74) is 7.84. The third-order valence-electron chi connectivity index (χ3n) is 2.70. The van der Waals surface area contributed by atoms with Crippen LogP contribution in [-0.2, 0) is 6.54 Å². The summed E-state index contributed by atoms with van der Waals surface area (Å²) < 4.78 is 0. The summed E-state index contributed by atoms with van der Waals surface area (Å²) in [6.07, 6.45) is 0.729. The molecule has 1 fully saturated rings. The number of benzene rings is 1. The Morgan fingerprint density at radius 2 is 2.21 bits per heavy atom. The van der Waals surface area contributed by atoms with Crippen LogP contribution in [0.3, 0.4) is 0 Å². The van der Waals surface area contributed by atoms with Crippen molar-refractivity contribution in [3.8, 4) is 0 Å². The molecular weight excluding hydrogens is 176 g/mol. The van der Waals surface area contributed by atoms with Gasteiger partial charge in [0, 0.05) is 25.3 Å². The minimum atomic E-state index is -0.153. The summed E-state index contributed by atoms with van der Waals surface area (Å²) in [6, 6.07) is 7.90. The van der Waals surface area contributed by atoms with Crippen molar-refractivity contribution in [3.63, 3.8) is 0 Å². The Bertz CT molecular complexity index is 314. The first-order valence-corrected chi connectivity index (χ1v) is 4.99. The van der Waals surface area contributed by atoms with Crippen molar-refractivity contribution in [2.45, 2.75) is 19.1 Å². The van der Waals surface area contributed by atoms with Crippen molar-refractivity contribution < 1.29 is 5.11 Å². The van der Waals surface area contributed by atoms with E-state index in [0.717, 1.165) is 37.3 Å². The molecule has 0 bridgehead atoms. The summed E-state index contributed by atoms with van der Waals surface area (Å²) >= 11 is 0. The SMILES string of the molecule is Nc1ccccc1CN1CC[C@@H](O)C1. The van der Waals surface area contributed by atoms with E-state index in [0.29, 0.717) is 0 Å². The monoisotopic (exact) mass is 192 g/mol. The first kappa shape index (κ1) is 9.49. The molecule has 1 aromatic rings. The summed E-state index contributed by atoms with van der Waals surface area (Å²) in [5.74, 6) is 0. The second-order valence-electron chi connectivity index (χ2n) is 3.88. The molecule has 2 rings (SSSR count). The standard InChI is InChI=1S/C11H16N2O/c12-11-4-2-1-3-9(11)7-13-6-5-10(14)8-13/h1-4,10,14H,5-8,12H2/t10-/m1/s1. The van der Waals surface area contributed by atoms with Gasteiger partial charge in [0.1, 0.15) is 0 Å². The summed E-state index contributed by atoms with van der Waals surface area (Å²) in [4.78, 5) is 2.23. The molecule has 3 heteroatoms. The number of likely N-dealkylation sites (tertiary alicyclic amines) is 1. The minimum Gasteiger partial charge on any atom is -0.398 e. The molecule has 14 heavy (non-hydrogen) atoms. The number of rotatable bonds is 2. The Hall–Kier alpha value is -1.06. The Balaban J connectivity index is 2.01. The van der Waals surface area contributed by atoms with Gasteiger partial charge in [-0.1, -0.05) is 18.2 Å². The highest BCUT2D eigenvalue weighted by Gasteiger charge is 2.20. The second-order valence-corrected chi connectivity index (χ2v) is 3.88. The molecule has 0 unspecified atom stereocenters. The number of hydrogen-bond acceptors (Lipinski definition) is 3. The lowest BCUT2D eigenvalue weighted by Crippen LogP contribution is -2.21. The van der Waals surface area contributed by atoms with Gasteiger partial charge in [0.05, 0.1) is 6.10 Å². The highest BCUT2D eigenvalue weighted by molar-refractivity contribution is 5.46. The van der Waals surface area contributed by atoms with E-state index in [1.807, 2.05) is 24.3 Å². The van der Waals surface area contributed by atoms with Gasteiger partial charge in [0.2, 0.25) is 0 Å². The van der Waals surface area contributed by atoms with Crippen LogP contribution in [0, 0.1) is 0 Å². The van der Waals surface area contributed by atoms with Crippen molar-refractivity contribution >= 4 is 5.69 Å². The van der Waals surface area contributed by atoms with E-state index < -0.39 is 0 Å². The fraction of sp³-hybridized carbons (Fsp3) is 0.455. The van der Waals surface area contributed by atoms with Crippen LogP contribution in [0.2, 0.25) is 0 Å². The lowest BCUT2D eigenvalue weighted by atomic mass is 10.2. The largest absolute Gasteiger partial charge is 0.398 e. The maximum atomic E-state index is 9.37. The van der Waals surface area contributed by atoms with Crippen LogP contribution in [0.25, 0.3) is 0 Å². The number of nitrogens with two attached hydrogens (primary N) is 1. The van der Waals surface area contributed by atoms with E-state index in [9.17, 15) is 5.11 Å². The van der Waals surface area contributed by atoms with Crippen molar-refractivity contribution in [3.05, 3.63) is 29.8 Å². The lowest BCUT2D eigenvalue weighted by molar-refractivity contribution is 0.175. The normalized spacial score (nSPS) is 22.8. The van der Waals surface area contributed by atoms with Crippen molar-refractivity contribution in [2.24, 2.45) is 0 Å². The third-order valence-corrected chi connectivity index (χ3v) is 2.70. The zero-order valence-electron chi connectivity index (χ0n) is 8.19. The molecular formula is C11H16N2O. The minimum absolute atomic E-state index is 0.153. The van der Waals surface area contributed by atoms with Gasteiger partial charge in [0.15, 0.2) is 0 Å². The molecule has 1 saturated heterocycles. The summed E-state index contributed by atoms with van der Waals surface area (Å²) in [6.45, 7) is 2.59. The molecule has 1 aliphatic heterocycles. The van der Waals surface area contributed by atoms with Gasteiger partial charge in [-0.25, -0.2) is 0 Å². The maximum Gasteiger partial charge on any atom is 0.0679 e. The maximum absolute atomic E-state index is 9.37. The molecule has 0 spiro atoms. The van der Waals surface area contributed by atoms with E-state index >= 15 is 0 Å². The van der Waals surface area contributed by atoms with E-state index in [4.69, 9.17) is 5.73 Å². The zero-order valence-corrected chi connectivity index (χ0v) is 8.19. The topological polar surface area (TPSA) is 49.5 Å². The van der Waals surface area contributed by atoms with Crippen molar-refractivity contribution in [2.75, 3.05) is 18.8 Å². The number of β-amino-alcohol motifs (C(OH)–C–C–N with tert-alkyl or cyclic N) is 1. The molecule has 0 radical (unpaired) electrons. The molecule has 1 aromatic carbocycles. The lowest BCUT2D eigenvalue weighted by Gasteiger charge is -2.15. The van der Waals surface area contributed by atoms with Crippen LogP contribution in [-0.4, -0.2) is 29.2 Å². The second kappa shape index (κ2) is 3.98. The van der Waals surface area contributed by atoms with E-state index in [2.05, 4.69) is 4.90 Å². The first-order valence-electron chi connectivity index (χ1n) is 4.99. The van der Waals surface area contributed by atoms with Gasteiger partial charge < -0.3 is 10.8 Å². The predicted octanol–water partition coefficient (Wildman–Crippen LogP) is 0.835. The molecule has 1 heterocycles. The van der Waals surface area contributed by atoms with Crippen molar-refractivity contribution in [1.29, 1.82) is 0 Å². The quantitative estimate of drug-likeness (QED) is 0.682. The van der Waals surface area contributed by atoms with E-state index in [-0.39, 0.29) is 6.10 Å². The van der Waals surface area contributed by atoms with Gasteiger partial charge in [-0.05, 0) is 18.1 Å². The Labute approximate surface area is 84.1 Å². The molecule has 1 atom stereocenters. The highest BCUT2D eigenvalue weighted by Crippen LogP contribution is 2.17. The van der Waals surface area contributed by atoms with Crippen LogP contribution in [0.1, 0.15) is 12.0 Å². The van der Waals surface area contributed by atoms with Gasteiger partial charge in [-0.15, -0.1) is 0 Å². The number of aliphatic hydroxyl groups excluding tert-OH is 1. The van der Waals surface area contributed by atoms with Crippen molar-refractivity contribution in [1.82, 2.24) is 4.90 Å². The molecule has 76 valence electrons. The number of aliphatic hydroxyl groups is 1. The summed E-state index contributed by atoms with van der Waals surface area (Å²) in [7, 11) is 0. The van der Waals surface area contributed by atoms with E-state index in [1.54, 1.807) is 0 Å². The molecule has 1 aliphatic rings. The average Bonchev–Trinajstić information content (AvgIpc) is 2.56. The molecule has 3 N–H and O–H groups in total. The fourth-order valence-corrected chi connectivity index (χ4v) is 1.87. The van der Waals surface area contributed by atoms with Gasteiger partial charge in [-0.2, -0.15) is 0 Å². The van der Waals surface area contributed by atoms with Gasteiger partial charge in [0.25, 0.3) is 0 Å². The fourth-order valence-electron chi connectivity index (χ4n) is 1.87. The van der Waals surface area contributed by atoms with Crippen LogP contribution in [0.5, 0.6) is 0 Å². The zero-order chi connectivity index (χ0) is 9.97. The third kappa shape index (κ3) is 2.05. The smallest absolute Gasteiger partial charge is 0.0679 e. The van der Waals surface area contributed by atoms with Crippen LogP contribution in [0.4, 0.5) is 5.69 Å². The number of nitrogens with zero attached hydrogens (tertiary/aromatic N) is 1. The number of para-hydroxylation sites is 1. The Kier molecular flexibility index (Phi) is 2.70. The Morgan fingerprint density at radius 3 is 2.86 bits per heavy atom. The predicted molar refractivity (Wildman–Crippen MR) is 56.8 cm³/mol. The van der Waals surface area contributed by atoms with E-state index in [1.165, 1.54) is 0 Å². The average molecular weight is 192 g/mol. The molecule has 3 nitrogen and oxygen atoms in total. The number of nitrogen functional groups attached to an aromatic ring is 1. The van der Waals surface area contributed by atoms with Gasteiger partial charge >= 0.3 is 0 Å². The molecule has 0 amide bonds.